The molecule has 0 amide bonds. The third-order valence-corrected chi connectivity index (χ3v) is 12.6. The Morgan fingerprint density at radius 1 is 0.580 bits per heavy atom. The third kappa shape index (κ3) is 9.10. The van der Waals surface area contributed by atoms with E-state index < -0.39 is 41.5 Å². The van der Waals surface area contributed by atoms with Crippen LogP contribution in [0.15, 0.2) is 147 Å². The zero-order valence-corrected chi connectivity index (χ0v) is 38.5. The van der Waals surface area contributed by atoms with Gasteiger partial charge in [0.15, 0.2) is 0 Å². The van der Waals surface area contributed by atoms with Crippen LogP contribution < -0.4 is 4.74 Å². The smallest absolute Gasteiger partial charge is 0.425 e. The molecule has 4 aromatic heterocycles. The molecule has 22 nitrogen and oxygen atoms in total. The number of fused-ring (bicyclic) bond motifs is 12. The molecular formula is C43H32N8O14S4. The summed E-state index contributed by atoms with van der Waals surface area (Å²) in [5, 5.41) is 12.6. The van der Waals surface area contributed by atoms with Gasteiger partial charge in [-0.25, -0.2) is 0 Å². The maximum Gasteiger partial charge on any atom is 0.425 e. The van der Waals surface area contributed by atoms with Crippen LogP contribution in [0.2, 0.25) is 0 Å². The van der Waals surface area contributed by atoms with E-state index in [1.165, 1.54) is 18.2 Å². The summed E-state index contributed by atoms with van der Waals surface area (Å²) < 4.78 is 138. The van der Waals surface area contributed by atoms with E-state index in [1.807, 2.05) is 94.8 Å². The number of ether oxygens (including phenoxy) is 2. The van der Waals surface area contributed by atoms with Gasteiger partial charge < -0.3 is 9.47 Å². The van der Waals surface area contributed by atoms with E-state index in [-0.39, 0.29) is 9.79 Å². The summed E-state index contributed by atoms with van der Waals surface area (Å²) in [5.74, 6) is 0.542. The maximum atomic E-state index is 12.6. The van der Waals surface area contributed by atoms with Crippen molar-refractivity contribution < 1.29 is 60.7 Å². The summed E-state index contributed by atoms with van der Waals surface area (Å²) in [7, 11) is -13.5. The molecule has 4 heterocycles. The second-order valence-corrected chi connectivity index (χ2v) is 18.5. The minimum Gasteiger partial charge on any atom is -0.489 e. The molecule has 0 saturated heterocycles. The molecule has 0 atom stereocenters. The summed E-state index contributed by atoms with van der Waals surface area (Å²) in [6.07, 6.45) is 3.40. The molecule has 11 rings (SSSR count). The van der Waals surface area contributed by atoms with Crippen LogP contribution in [0.3, 0.4) is 0 Å². The third-order valence-electron chi connectivity index (χ3n) is 10.8. The Bertz CT molecular complexity index is 4260. The Balaban J connectivity index is 0.000000690. The van der Waals surface area contributed by atoms with Crippen LogP contribution in [-0.2, 0) is 46.2 Å². The maximum absolute atomic E-state index is 12.6. The van der Waals surface area contributed by atoms with Crippen molar-refractivity contribution in [3.05, 3.63) is 139 Å². The van der Waals surface area contributed by atoms with Gasteiger partial charge in [-0.3, -0.25) is 9.11 Å². The van der Waals surface area contributed by atoms with Crippen LogP contribution in [0.1, 0.15) is 11.1 Å². The standard InChI is InChI=1S/C43H32N8O8S2.2O3S/c1-58-22-23-59-40-25-32(15-21-37(40)47-49-39-20-12-30-24-34(60(52,53)54)17-18-36(30)43(39)51(47)49)45-44-31-13-7-27(8-14-31)6-9-29-10-16-33(26-41(29)61(55,56)57)46-48-38-19-11-28-4-2-3-5-35(28)42(38)50(46)48;2*1-4(2)3/h2-21,24-26H,22-23H2,1H3,(H,52,53,54)(H,55,56,57);;. The molecule has 0 spiro atoms. The highest BCUT2D eigenvalue weighted by atomic mass is 32.2. The highest BCUT2D eigenvalue weighted by Gasteiger charge is 2.29. The topological polar surface area (TPSA) is 282 Å². The lowest BCUT2D eigenvalue weighted by molar-refractivity contribution is 0.146. The van der Waals surface area contributed by atoms with E-state index in [0.717, 1.165) is 49.5 Å². The van der Waals surface area contributed by atoms with E-state index >= 15 is 0 Å². The fourth-order valence-electron chi connectivity index (χ4n) is 7.84. The van der Waals surface area contributed by atoms with Crippen molar-refractivity contribution in [2.75, 3.05) is 20.3 Å². The fourth-order valence-corrected chi connectivity index (χ4v) is 9.06. The summed E-state index contributed by atoms with van der Waals surface area (Å²) in [6, 6.07) is 38.0. The largest absolute Gasteiger partial charge is 0.489 e. The van der Waals surface area contributed by atoms with Crippen molar-refractivity contribution >= 4 is 109 Å². The SMILES string of the molecule is COCCOc1cc(N=Nc2ccc(C=Cc3ccc(-n4n5c6ccc7ccccc7c6n45)cc3S(=O)(=O)O)cc2)ccc1-n1n2c3ccc4cc(S(=O)(=O)O)ccc4c3n12.O=S(=O)=O.O=S(=O)=O. The van der Waals surface area contributed by atoms with Gasteiger partial charge in [-0.2, -0.15) is 31.9 Å². The first-order valence-electron chi connectivity index (χ1n) is 19.9. The first-order valence-corrected chi connectivity index (χ1v) is 24.8. The average Bonchev–Trinajstić information content (AvgIpc) is 4.16. The number of benzene rings is 7. The molecule has 11 aromatic rings. The van der Waals surface area contributed by atoms with Gasteiger partial charge in [-0.05, 0) is 82.6 Å². The summed E-state index contributed by atoms with van der Waals surface area (Å²) in [4.78, 5) is 3.41. The molecule has 26 heteroatoms. The lowest BCUT2D eigenvalue weighted by Crippen LogP contribution is -2.06. The van der Waals surface area contributed by atoms with Crippen LogP contribution in [0, 0.1) is 0 Å². The molecular weight excluding hydrogens is 981 g/mol. The Hall–Kier alpha value is -7.98. The quantitative estimate of drug-likeness (QED) is 0.0568. The molecule has 352 valence electrons. The molecule has 2 N–H and O–H groups in total. The molecule has 0 aliphatic heterocycles. The fraction of sp³-hybridized carbons (Fsp3) is 0.0698. The van der Waals surface area contributed by atoms with Gasteiger partial charge in [0, 0.05) is 23.9 Å². The van der Waals surface area contributed by atoms with Crippen molar-refractivity contribution in [1.82, 2.24) is 28.1 Å². The Kier molecular flexibility index (Phi) is 12.0. The normalized spacial score (nSPS) is 12.3. The first-order chi connectivity index (χ1) is 32.9. The van der Waals surface area contributed by atoms with Gasteiger partial charge in [0.1, 0.15) is 45.0 Å². The Labute approximate surface area is 391 Å². The lowest BCUT2D eigenvalue weighted by atomic mass is 10.1. The number of nitrogens with zero attached hydrogens (tertiary/aromatic N) is 8. The first kappa shape index (κ1) is 46.1. The second kappa shape index (κ2) is 17.9. The van der Waals surface area contributed by atoms with Gasteiger partial charge >= 0.3 is 21.2 Å². The zero-order chi connectivity index (χ0) is 48.9. The number of rotatable bonds is 12. The number of hydrogen-bond donors (Lipinski definition) is 2. The van der Waals surface area contributed by atoms with E-state index in [0.29, 0.717) is 47.0 Å². The highest BCUT2D eigenvalue weighted by molar-refractivity contribution is 7.86. The number of azo groups is 1. The lowest BCUT2D eigenvalue weighted by Gasteiger charge is -2.09. The van der Waals surface area contributed by atoms with Crippen molar-refractivity contribution in [1.29, 1.82) is 0 Å². The highest BCUT2D eigenvalue weighted by Crippen LogP contribution is 2.38. The molecule has 0 saturated carbocycles. The predicted molar refractivity (Wildman–Crippen MR) is 249 cm³/mol. The molecule has 69 heavy (non-hydrogen) atoms. The molecule has 7 aromatic carbocycles. The minimum atomic E-state index is -4.55. The summed E-state index contributed by atoms with van der Waals surface area (Å²) >= 11 is 0. The molecule has 0 unspecified atom stereocenters. The molecule has 0 fully saturated rings. The Morgan fingerprint density at radius 3 is 1.86 bits per heavy atom. The van der Waals surface area contributed by atoms with Gasteiger partial charge in [0.2, 0.25) is 0 Å². The van der Waals surface area contributed by atoms with Gasteiger partial charge in [-0.1, -0.05) is 72.8 Å². The zero-order valence-electron chi connectivity index (χ0n) is 35.2. The van der Waals surface area contributed by atoms with E-state index in [2.05, 4.69) is 22.4 Å². The van der Waals surface area contributed by atoms with E-state index in [9.17, 15) is 25.9 Å². The second-order valence-electron chi connectivity index (χ2n) is 14.9. The van der Waals surface area contributed by atoms with Gasteiger partial charge in [0.25, 0.3) is 20.2 Å². The van der Waals surface area contributed by atoms with Crippen molar-refractivity contribution in [2.45, 2.75) is 9.79 Å². The van der Waals surface area contributed by atoms with Crippen LogP contribution in [0.25, 0.3) is 67.1 Å². The van der Waals surface area contributed by atoms with Crippen LogP contribution in [-0.4, -0.2) is 99.6 Å². The average molecular weight is 1010 g/mol. The number of hydrogen-bond acceptors (Lipinski definition) is 14. The van der Waals surface area contributed by atoms with Gasteiger partial charge in [-0.15, -0.1) is 48.6 Å². The summed E-state index contributed by atoms with van der Waals surface area (Å²) in [5.41, 5.74) is 7.42. The predicted octanol–water partition coefficient (Wildman–Crippen LogP) is 6.56. The minimum absolute atomic E-state index is 0.170. The van der Waals surface area contributed by atoms with Crippen LogP contribution in [0.4, 0.5) is 11.4 Å². The Morgan fingerprint density at radius 2 is 1.19 bits per heavy atom. The van der Waals surface area contributed by atoms with Crippen molar-refractivity contribution in [2.24, 2.45) is 10.2 Å². The molecule has 0 aliphatic rings. The number of aromatic nitrogens is 6. The molecule has 0 bridgehead atoms. The van der Waals surface area contributed by atoms with Crippen LogP contribution >= 0.6 is 0 Å². The number of methoxy groups -OCH3 is 1. The van der Waals surface area contributed by atoms with Crippen LogP contribution in [0.5, 0.6) is 5.75 Å². The van der Waals surface area contributed by atoms with Crippen molar-refractivity contribution in [3.63, 3.8) is 0 Å². The van der Waals surface area contributed by atoms with E-state index in [4.69, 9.17) is 34.7 Å². The van der Waals surface area contributed by atoms with Crippen molar-refractivity contribution in [3.8, 4) is 17.1 Å². The monoisotopic (exact) mass is 1010 g/mol. The molecule has 0 aliphatic carbocycles. The summed E-state index contributed by atoms with van der Waals surface area (Å²) in [6.45, 7) is 0.658. The molecule has 0 radical (unpaired) electrons. The van der Waals surface area contributed by atoms with E-state index in [1.54, 1.807) is 49.6 Å². The van der Waals surface area contributed by atoms with Gasteiger partial charge in [0.05, 0.1) is 28.6 Å².